The first-order chi connectivity index (χ1) is 12.3. The van der Waals surface area contributed by atoms with Crippen LogP contribution in [-0.2, 0) is 12.8 Å². The molecule has 3 aromatic rings. The smallest absolute Gasteiger partial charge is 0.161 e. The highest BCUT2D eigenvalue weighted by molar-refractivity contribution is 5.85. The molecule has 0 aromatic heterocycles. The molecule has 0 spiro atoms. The van der Waals surface area contributed by atoms with Crippen LogP contribution in [0.15, 0.2) is 54.6 Å². The number of rotatable bonds is 4. The summed E-state index contributed by atoms with van der Waals surface area (Å²) in [6.45, 7) is 0.984. The zero-order chi connectivity index (χ0) is 17.2. The van der Waals surface area contributed by atoms with Crippen molar-refractivity contribution in [3.05, 3.63) is 71.3 Å². The Labute approximate surface area is 148 Å². The van der Waals surface area contributed by atoms with E-state index in [9.17, 15) is 0 Å². The maximum absolute atomic E-state index is 5.52. The highest BCUT2D eigenvalue weighted by Gasteiger charge is 2.23. The van der Waals surface area contributed by atoms with Gasteiger partial charge < -0.3 is 14.8 Å². The molecule has 4 rings (SSSR count). The number of hydrogen-bond acceptors (Lipinski definition) is 3. The van der Waals surface area contributed by atoms with E-state index in [1.807, 2.05) is 0 Å². The van der Waals surface area contributed by atoms with Gasteiger partial charge in [0.2, 0.25) is 0 Å². The summed E-state index contributed by atoms with van der Waals surface area (Å²) in [4.78, 5) is 0. The summed E-state index contributed by atoms with van der Waals surface area (Å²) in [5, 5.41) is 6.31. The molecule has 1 aliphatic heterocycles. The summed E-state index contributed by atoms with van der Waals surface area (Å²) in [5.41, 5.74) is 4.04. The molecule has 0 bridgehead atoms. The minimum atomic E-state index is 0.286. The van der Waals surface area contributed by atoms with Crippen molar-refractivity contribution in [1.82, 2.24) is 5.32 Å². The number of hydrogen-bond donors (Lipinski definition) is 1. The molecule has 25 heavy (non-hydrogen) atoms. The summed E-state index contributed by atoms with van der Waals surface area (Å²) in [6.07, 6.45) is 1.98. The van der Waals surface area contributed by atoms with Gasteiger partial charge in [0, 0.05) is 6.04 Å². The number of fused-ring (bicyclic) bond motifs is 2. The Hall–Kier alpha value is -2.52. The predicted octanol–water partition coefficient (Wildman–Crippen LogP) is 4.29. The fourth-order valence-corrected chi connectivity index (χ4v) is 3.84. The molecule has 0 saturated carbocycles. The van der Waals surface area contributed by atoms with Gasteiger partial charge in [-0.3, -0.25) is 0 Å². The second kappa shape index (κ2) is 6.77. The Morgan fingerprint density at radius 3 is 2.56 bits per heavy atom. The first kappa shape index (κ1) is 16.0. The van der Waals surface area contributed by atoms with E-state index in [0.717, 1.165) is 30.9 Å². The van der Waals surface area contributed by atoms with Crippen molar-refractivity contribution < 1.29 is 9.47 Å². The van der Waals surface area contributed by atoms with Gasteiger partial charge in [-0.25, -0.2) is 0 Å². The van der Waals surface area contributed by atoms with E-state index >= 15 is 0 Å². The van der Waals surface area contributed by atoms with Gasteiger partial charge in [0.15, 0.2) is 11.5 Å². The summed E-state index contributed by atoms with van der Waals surface area (Å²) >= 11 is 0. The molecule has 3 aromatic carbocycles. The quantitative estimate of drug-likeness (QED) is 0.773. The molecule has 1 aliphatic rings. The Bertz CT molecular complexity index is 898. The minimum Gasteiger partial charge on any atom is -0.493 e. The van der Waals surface area contributed by atoms with E-state index in [0.29, 0.717) is 0 Å². The van der Waals surface area contributed by atoms with Gasteiger partial charge in [0.25, 0.3) is 0 Å². The average molecular weight is 333 g/mol. The molecule has 0 radical (unpaired) electrons. The van der Waals surface area contributed by atoms with Crippen molar-refractivity contribution in [3.63, 3.8) is 0 Å². The molecule has 128 valence electrons. The highest BCUT2D eigenvalue weighted by Crippen LogP contribution is 2.36. The van der Waals surface area contributed by atoms with Crippen molar-refractivity contribution in [2.24, 2.45) is 0 Å². The van der Waals surface area contributed by atoms with Crippen molar-refractivity contribution in [1.29, 1.82) is 0 Å². The molecule has 1 atom stereocenters. The van der Waals surface area contributed by atoms with E-state index in [-0.39, 0.29) is 6.04 Å². The topological polar surface area (TPSA) is 30.5 Å². The summed E-state index contributed by atoms with van der Waals surface area (Å²) in [5.74, 6) is 1.61. The fraction of sp³-hybridized carbons (Fsp3) is 0.273. The van der Waals surface area contributed by atoms with Crippen LogP contribution in [0.4, 0.5) is 0 Å². The maximum atomic E-state index is 5.52. The van der Waals surface area contributed by atoms with Crippen LogP contribution in [0.25, 0.3) is 10.8 Å². The Morgan fingerprint density at radius 2 is 1.72 bits per heavy atom. The van der Waals surface area contributed by atoms with E-state index in [2.05, 4.69) is 59.9 Å². The van der Waals surface area contributed by atoms with Crippen LogP contribution in [0.1, 0.15) is 22.7 Å². The summed E-state index contributed by atoms with van der Waals surface area (Å²) in [6, 6.07) is 19.7. The lowest BCUT2D eigenvalue weighted by Crippen LogP contribution is -2.31. The summed E-state index contributed by atoms with van der Waals surface area (Å²) < 4.78 is 11.0. The fourth-order valence-electron chi connectivity index (χ4n) is 3.84. The molecule has 3 nitrogen and oxygen atoms in total. The van der Waals surface area contributed by atoms with Gasteiger partial charge in [0.1, 0.15) is 0 Å². The van der Waals surface area contributed by atoms with Crippen LogP contribution in [0.2, 0.25) is 0 Å². The second-order valence-electron chi connectivity index (χ2n) is 6.51. The van der Waals surface area contributed by atoms with Gasteiger partial charge >= 0.3 is 0 Å². The molecular formula is C22H23NO2. The zero-order valence-electron chi connectivity index (χ0n) is 14.7. The lowest BCUT2D eigenvalue weighted by molar-refractivity contribution is 0.352. The molecular weight excluding hydrogens is 310 g/mol. The van der Waals surface area contributed by atoms with E-state index < -0.39 is 0 Å². The molecule has 1 unspecified atom stereocenters. The van der Waals surface area contributed by atoms with Gasteiger partial charge in [-0.05, 0) is 59.0 Å². The molecule has 0 fully saturated rings. The zero-order valence-corrected chi connectivity index (χ0v) is 14.7. The van der Waals surface area contributed by atoms with Gasteiger partial charge in [-0.15, -0.1) is 0 Å². The number of benzene rings is 3. The number of nitrogens with one attached hydrogen (secondary N) is 1. The molecule has 1 heterocycles. The third kappa shape index (κ3) is 2.96. The number of methoxy groups -OCH3 is 2. The van der Waals surface area contributed by atoms with Crippen molar-refractivity contribution in [3.8, 4) is 11.5 Å². The van der Waals surface area contributed by atoms with Crippen LogP contribution < -0.4 is 14.8 Å². The van der Waals surface area contributed by atoms with Gasteiger partial charge in [-0.2, -0.15) is 0 Å². The third-order valence-corrected chi connectivity index (χ3v) is 5.11. The largest absolute Gasteiger partial charge is 0.493 e. The van der Waals surface area contributed by atoms with E-state index in [1.165, 1.54) is 27.5 Å². The first-order valence-corrected chi connectivity index (χ1v) is 8.75. The monoisotopic (exact) mass is 333 g/mol. The van der Waals surface area contributed by atoms with Crippen molar-refractivity contribution in [2.45, 2.75) is 18.9 Å². The second-order valence-corrected chi connectivity index (χ2v) is 6.51. The Morgan fingerprint density at radius 1 is 0.960 bits per heavy atom. The van der Waals surface area contributed by atoms with E-state index in [1.54, 1.807) is 14.2 Å². The summed E-state index contributed by atoms with van der Waals surface area (Å²) in [7, 11) is 3.39. The third-order valence-electron chi connectivity index (χ3n) is 5.11. The lowest BCUT2D eigenvalue weighted by Gasteiger charge is -2.28. The lowest BCUT2D eigenvalue weighted by atomic mass is 9.88. The van der Waals surface area contributed by atoms with Gasteiger partial charge in [-0.1, -0.05) is 42.5 Å². The van der Waals surface area contributed by atoms with Crippen LogP contribution >= 0.6 is 0 Å². The highest BCUT2D eigenvalue weighted by atomic mass is 16.5. The van der Waals surface area contributed by atoms with E-state index in [4.69, 9.17) is 9.47 Å². The molecule has 0 saturated heterocycles. The molecule has 3 heteroatoms. The van der Waals surface area contributed by atoms with Crippen LogP contribution in [0, 0.1) is 0 Å². The Kier molecular flexibility index (Phi) is 4.33. The normalized spacial score (nSPS) is 16.5. The average Bonchev–Trinajstić information content (AvgIpc) is 2.67. The standard InChI is InChI=1S/C22H23NO2/c1-24-21-13-17-10-11-23-20(19(17)14-22(21)25-2)12-16-8-5-7-15-6-3-4-9-18(15)16/h3-9,13-14,20,23H,10-12H2,1-2H3. The van der Waals surface area contributed by atoms with Gasteiger partial charge in [0.05, 0.1) is 14.2 Å². The van der Waals surface area contributed by atoms with Crippen LogP contribution in [-0.4, -0.2) is 20.8 Å². The molecule has 0 amide bonds. The first-order valence-electron chi connectivity index (χ1n) is 8.75. The van der Waals surface area contributed by atoms with Crippen LogP contribution in [0.3, 0.4) is 0 Å². The SMILES string of the molecule is COc1cc2c(cc1OC)C(Cc1cccc3ccccc13)NCC2. The number of ether oxygens (including phenoxy) is 2. The Balaban J connectivity index is 1.73. The predicted molar refractivity (Wildman–Crippen MR) is 102 cm³/mol. The van der Waals surface area contributed by atoms with Crippen LogP contribution in [0.5, 0.6) is 11.5 Å². The molecule has 1 N–H and O–H groups in total. The maximum Gasteiger partial charge on any atom is 0.161 e. The minimum absolute atomic E-state index is 0.286. The van der Waals surface area contributed by atoms with Crippen molar-refractivity contribution in [2.75, 3.05) is 20.8 Å². The molecule has 0 aliphatic carbocycles. The van der Waals surface area contributed by atoms with Crippen molar-refractivity contribution >= 4 is 10.8 Å².